The lowest BCUT2D eigenvalue weighted by molar-refractivity contribution is 0.0905. The summed E-state index contributed by atoms with van der Waals surface area (Å²) in [5.41, 5.74) is 2.22. The monoisotopic (exact) mass is 339 g/mol. The van der Waals surface area contributed by atoms with Gasteiger partial charge in [0.15, 0.2) is 5.78 Å². The Bertz CT molecular complexity index is 954. The molecule has 0 saturated carbocycles. The quantitative estimate of drug-likeness (QED) is 0.662. The predicted octanol–water partition coefficient (Wildman–Crippen LogP) is 3.93. The maximum absolute atomic E-state index is 12.5. The van der Waals surface area contributed by atoms with Crippen molar-refractivity contribution in [2.45, 2.75) is 26.2 Å². The van der Waals surface area contributed by atoms with Gasteiger partial charge in [0.05, 0.1) is 10.2 Å². The second-order valence-electron chi connectivity index (χ2n) is 5.54. The van der Waals surface area contributed by atoms with Gasteiger partial charge in [0.1, 0.15) is 0 Å². The zero-order chi connectivity index (χ0) is 17.1. The first kappa shape index (κ1) is 16.3. The average Bonchev–Trinajstić information content (AvgIpc) is 2.94. The maximum Gasteiger partial charge on any atom is 0.314 e. The number of nitrogens with zero attached hydrogens (tertiary/aromatic N) is 1. The molecular weight excluding hydrogens is 322 g/mol. The third-order valence-corrected chi connectivity index (χ3v) is 4.85. The molecule has 0 unspecified atom stereocenters. The van der Waals surface area contributed by atoms with Crippen molar-refractivity contribution in [2.24, 2.45) is 0 Å². The number of aromatic nitrogens is 1. The summed E-state index contributed by atoms with van der Waals surface area (Å²) in [7, 11) is 0. The van der Waals surface area contributed by atoms with E-state index in [0.29, 0.717) is 28.6 Å². The van der Waals surface area contributed by atoms with E-state index in [4.69, 9.17) is 0 Å². The normalized spacial score (nSPS) is 10.9. The van der Waals surface area contributed by atoms with Crippen molar-refractivity contribution in [1.29, 1.82) is 0 Å². The van der Waals surface area contributed by atoms with E-state index < -0.39 is 0 Å². The lowest BCUT2D eigenvalue weighted by Gasteiger charge is -2.04. The first-order valence-electron chi connectivity index (χ1n) is 7.86. The van der Waals surface area contributed by atoms with Gasteiger partial charge >= 0.3 is 4.87 Å². The van der Waals surface area contributed by atoms with Crippen molar-refractivity contribution >= 4 is 33.2 Å². The number of carbonyl (C=O) groups is 2. The van der Waals surface area contributed by atoms with Crippen LogP contribution in [0, 0.1) is 0 Å². The van der Waals surface area contributed by atoms with Gasteiger partial charge < -0.3 is 0 Å². The van der Waals surface area contributed by atoms with Crippen LogP contribution in [0.25, 0.3) is 10.2 Å². The molecule has 4 nitrogen and oxygen atoms in total. The highest BCUT2D eigenvalue weighted by molar-refractivity contribution is 7.16. The number of thiazole rings is 1. The molecule has 0 radical (unpaired) electrons. The summed E-state index contributed by atoms with van der Waals surface area (Å²) in [6, 6.07) is 14.8. The van der Waals surface area contributed by atoms with Crippen LogP contribution in [0.1, 0.15) is 40.5 Å². The van der Waals surface area contributed by atoms with Gasteiger partial charge in [-0.25, -0.2) is 4.57 Å². The summed E-state index contributed by atoms with van der Waals surface area (Å²) in [4.78, 5) is 36.2. The highest BCUT2D eigenvalue weighted by Gasteiger charge is 2.15. The van der Waals surface area contributed by atoms with E-state index in [2.05, 4.69) is 0 Å². The van der Waals surface area contributed by atoms with E-state index in [1.54, 1.807) is 25.1 Å². The van der Waals surface area contributed by atoms with Crippen LogP contribution in [0.4, 0.5) is 0 Å². The number of Topliss-reactive ketones (excluding diaryl/α,β-unsaturated/α-hetero) is 1. The molecule has 5 heteroatoms. The highest BCUT2D eigenvalue weighted by Crippen LogP contribution is 2.20. The molecule has 0 aliphatic rings. The second-order valence-corrected chi connectivity index (χ2v) is 6.54. The van der Waals surface area contributed by atoms with Crippen molar-refractivity contribution in [1.82, 2.24) is 4.57 Å². The molecule has 0 fully saturated rings. The molecule has 24 heavy (non-hydrogen) atoms. The van der Waals surface area contributed by atoms with Crippen molar-refractivity contribution < 1.29 is 9.59 Å². The first-order valence-corrected chi connectivity index (χ1v) is 8.67. The number of benzene rings is 2. The van der Waals surface area contributed by atoms with Gasteiger partial charge in [-0.05, 0) is 30.2 Å². The fourth-order valence-electron chi connectivity index (χ4n) is 2.64. The maximum atomic E-state index is 12.5. The van der Waals surface area contributed by atoms with Crippen LogP contribution >= 0.6 is 11.3 Å². The molecule has 0 aliphatic carbocycles. The fourth-order valence-corrected chi connectivity index (χ4v) is 3.57. The number of hydrogen-bond acceptors (Lipinski definition) is 4. The van der Waals surface area contributed by atoms with Crippen LogP contribution in [0.15, 0.2) is 53.3 Å². The van der Waals surface area contributed by atoms with Crippen LogP contribution in [0.2, 0.25) is 0 Å². The molecule has 0 saturated heterocycles. The summed E-state index contributed by atoms with van der Waals surface area (Å²) in [5.74, 6) is -0.190. The van der Waals surface area contributed by atoms with Crippen molar-refractivity contribution in [2.75, 3.05) is 0 Å². The van der Waals surface area contributed by atoms with Crippen molar-refractivity contribution in [3.8, 4) is 0 Å². The number of fused-ring (bicyclic) bond motifs is 1. The first-order chi connectivity index (χ1) is 11.6. The Hall–Kier alpha value is -2.53. The number of aryl methyl sites for hydroxylation is 1. The van der Waals surface area contributed by atoms with Gasteiger partial charge in [0.25, 0.3) is 0 Å². The molecule has 3 rings (SSSR count). The predicted molar refractivity (Wildman–Crippen MR) is 96.1 cm³/mol. The average molecular weight is 339 g/mol. The number of hydrogen-bond donors (Lipinski definition) is 0. The Balaban J connectivity index is 1.88. The van der Waals surface area contributed by atoms with Crippen LogP contribution in [0.3, 0.4) is 0 Å². The van der Waals surface area contributed by atoms with E-state index in [-0.39, 0.29) is 23.0 Å². The Morgan fingerprint density at radius 2 is 1.83 bits per heavy atom. The third kappa shape index (κ3) is 3.21. The molecule has 0 atom stereocenters. The standard InChI is InChI=1S/C19H17NO3S/c1-2-16(21)14-9-10-15-17(12-14)24-19(23)20(15)18(22)11-8-13-6-4-3-5-7-13/h3-7,9-10,12H,2,8,11H2,1H3. The van der Waals surface area contributed by atoms with Gasteiger partial charge in [-0.1, -0.05) is 48.6 Å². The molecule has 0 amide bonds. The summed E-state index contributed by atoms with van der Waals surface area (Å²) in [6.45, 7) is 1.80. The molecule has 0 N–H and O–H groups in total. The zero-order valence-corrected chi connectivity index (χ0v) is 14.1. The summed E-state index contributed by atoms with van der Waals surface area (Å²) in [6.07, 6.45) is 1.28. The number of ketones is 1. The van der Waals surface area contributed by atoms with Crippen molar-refractivity contribution in [3.05, 3.63) is 69.3 Å². The fraction of sp³-hybridized carbons (Fsp3) is 0.211. The van der Waals surface area contributed by atoms with Gasteiger partial charge in [0, 0.05) is 18.4 Å². The van der Waals surface area contributed by atoms with E-state index in [1.807, 2.05) is 30.3 Å². The Kier molecular flexibility index (Phi) is 4.71. The summed E-state index contributed by atoms with van der Waals surface area (Å²) in [5, 5.41) is 0. The van der Waals surface area contributed by atoms with Gasteiger partial charge in [-0.2, -0.15) is 0 Å². The van der Waals surface area contributed by atoms with Crippen LogP contribution in [-0.4, -0.2) is 16.3 Å². The molecular formula is C19H17NO3S. The zero-order valence-electron chi connectivity index (χ0n) is 13.3. The van der Waals surface area contributed by atoms with Crippen molar-refractivity contribution in [3.63, 3.8) is 0 Å². The van der Waals surface area contributed by atoms with E-state index in [9.17, 15) is 14.4 Å². The third-order valence-electron chi connectivity index (χ3n) is 3.94. The van der Waals surface area contributed by atoms with E-state index in [0.717, 1.165) is 16.9 Å². The van der Waals surface area contributed by atoms with E-state index in [1.165, 1.54) is 4.57 Å². The minimum Gasteiger partial charge on any atom is -0.294 e. The molecule has 122 valence electrons. The lowest BCUT2D eigenvalue weighted by atomic mass is 10.1. The Morgan fingerprint density at radius 3 is 2.54 bits per heavy atom. The molecule has 1 heterocycles. The lowest BCUT2D eigenvalue weighted by Crippen LogP contribution is -2.21. The molecule has 3 aromatic rings. The SMILES string of the molecule is CCC(=O)c1ccc2c(c1)sc(=O)n2C(=O)CCc1ccccc1. The summed E-state index contributed by atoms with van der Waals surface area (Å²) < 4.78 is 1.90. The molecule has 0 bridgehead atoms. The Morgan fingerprint density at radius 1 is 1.08 bits per heavy atom. The molecule has 2 aromatic carbocycles. The Labute approximate surface area is 143 Å². The minimum atomic E-state index is -0.302. The molecule has 0 spiro atoms. The molecule has 0 aliphatic heterocycles. The van der Waals surface area contributed by atoms with Crippen LogP contribution in [0.5, 0.6) is 0 Å². The van der Waals surface area contributed by atoms with Gasteiger partial charge in [-0.15, -0.1) is 0 Å². The van der Waals surface area contributed by atoms with Crippen LogP contribution in [-0.2, 0) is 6.42 Å². The van der Waals surface area contributed by atoms with Crippen LogP contribution < -0.4 is 4.87 Å². The smallest absolute Gasteiger partial charge is 0.294 e. The topological polar surface area (TPSA) is 56.1 Å². The van der Waals surface area contributed by atoms with E-state index >= 15 is 0 Å². The summed E-state index contributed by atoms with van der Waals surface area (Å²) >= 11 is 1.01. The number of carbonyl (C=O) groups excluding carboxylic acids is 2. The second kappa shape index (κ2) is 6.93. The van der Waals surface area contributed by atoms with Gasteiger partial charge in [-0.3, -0.25) is 14.4 Å². The largest absolute Gasteiger partial charge is 0.314 e. The van der Waals surface area contributed by atoms with Gasteiger partial charge in [0.2, 0.25) is 5.91 Å². The number of rotatable bonds is 5. The minimum absolute atomic E-state index is 0.0275. The molecule has 1 aromatic heterocycles. The highest BCUT2D eigenvalue weighted by atomic mass is 32.1.